The van der Waals surface area contributed by atoms with Crippen molar-refractivity contribution < 1.29 is 19.1 Å². The van der Waals surface area contributed by atoms with Crippen molar-refractivity contribution in [2.24, 2.45) is 11.3 Å². The van der Waals surface area contributed by atoms with Crippen LogP contribution in [0.25, 0.3) is 11.3 Å². The standard InChI is InChI=1S/C27H37FN4O3/c1-18(33)24(34)7-5-3-4-6-22(25-29-17-23(30-25)19-8-10-20(28)11-9-19)31-26(35)21-16-27(21)12-14-32(2)15-13-27/h8-11,17-18,21-22,33H,3-7,12-16H2,1-2H3,(H,29,30)(H,31,35)/t18?,21?,22-/m0/s1. The van der Waals surface area contributed by atoms with Crippen LogP contribution in [0.4, 0.5) is 4.39 Å². The second kappa shape index (κ2) is 11.0. The number of carbonyl (C=O) groups is 2. The molecule has 1 saturated heterocycles. The lowest BCUT2D eigenvalue weighted by molar-refractivity contribution is -0.126. The SMILES string of the molecule is CC(O)C(=O)CCCCC[C@H](NC(=O)C1CC12CCN(C)CC2)c1ncc(-c2ccc(F)cc2)[nH]1. The molecule has 1 amide bonds. The topological polar surface area (TPSA) is 98.3 Å². The van der Waals surface area contributed by atoms with E-state index in [1.807, 2.05) is 0 Å². The number of rotatable bonds is 11. The summed E-state index contributed by atoms with van der Waals surface area (Å²) >= 11 is 0. The van der Waals surface area contributed by atoms with Gasteiger partial charge in [-0.15, -0.1) is 0 Å². The Hall–Kier alpha value is -2.58. The number of aromatic amines is 1. The van der Waals surface area contributed by atoms with Crippen molar-refractivity contribution in [2.45, 2.75) is 70.4 Å². The first-order chi connectivity index (χ1) is 16.8. The maximum atomic E-state index is 13.3. The number of carbonyl (C=O) groups excluding carboxylic acids is 2. The number of halogens is 1. The number of unbranched alkanes of at least 4 members (excludes halogenated alkanes) is 2. The van der Waals surface area contributed by atoms with Crippen molar-refractivity contribution in [2.75, 3.05) is 20.1 Å². The van der Waals surface area contributed by atoms with Gasteiger partial charge in [-0.2, -0.15) is 0 Å². The number of aliphatic hydroxyl groups is 1. The van der Waals surface area contributed by atoms with E-state index in [4.69, 9.17) is 0 Å². The van der Waals surface area contributed by atoms with Crippen LogP contribution in [-0.4, -0.2) is 57.9 Å². The Morgan fingerprint density at radius 2 is 1.94 bits per heavy atom. The minimum atomic E-state index is -0.916. The molecule has 0 radical (unpaired) electrons. The van der Waals surface area contributed by atoms with Gasteiger partial charge in [0.2, 0.25) is 5.91 Å². The summed E-state index contributed by atoms with van der Waals surface area (Å²) in [5.74, 6) is 0.426. The third kappa shape index (κ3) is 6.35. The number of aromatic nitrogens is 2. The summed E-state index contributed by atoms with van der Waals surface area (Å²) in [5.41, 5.74) is 1.77. The van der Waals surface area contributed by atoms with Gasteiger partial charge in [0.1, 0.15) is 17.7 Å². The Balaban J connectivity index is 1.39. The molecule has 1 spiro atoms. The summed E-state index contributed by atoms with van der Waals surface area (Å²) in [6.07, 6.45) is 7.33. The lowest BCUT2D eigenvalue weighted by atomic mass is 9.91. The van der Waals surface area contributed by atoms with Gasteiger partial charge in [0.15, 0.2) is 5.78 Å². The van der Waals surface area contributed by atoms with Crippen LogP contribution in [0.5, 0.6) is 0 Å². The Morgan fingerprint density at radius 1 is 1.23 bits per heavy atom. The molecule has 8 heteroatoms. The predicted molar refractivity (Wildman–Crippen MR) is 132 cm³/mol. The van der Waals surface area contributed by atoms with E-state index in [1.165, 1.54) is 19.1 Å². The second-order valence-corrected chi connectivity index (χ2v) is 10.4. The van der Waals surface area contributed by atoms with Crippen molar-refractivity contribution in [1.82, 2.24) is 20.2 Å². The summed E-state index contributed by atoms with van der Waals surface area (Å²) < 4.78 is 13.3. The van der Waals surface area contributed by atoms with Crippen LogP contribution in [0.2, 0.25) is 0 Å². The zero-order chi connectivity index (χ0) is 25.0. The number of H-pyrrole nitrogens is 1. The molecule has 1 aliphatic heterocycles. The number of ketones is 1. The van der Waals surface area contributed by atoms with E-state index in [2.05, 4.69) is 27.2 Å². The number of benzene rings is 1. The highest BCUT2D eigenvalue weighted by atomic mass is 19.1. The van der Waals surface area contributed by atoms with Crippen molar-refractivity contribution in [3.8, 4) is 11.3 Å². The molecule has 0 bridgehead atoms. The number of Topliss-reactive ketones (excluding diaryl/α,β-unsaturated/α-hetero) is 1. The minimum Gasteiger partial charge on any atom is -0.386 e. The number of nitrogens with one attached hydrogen (secondary N) is 2. The second-order valence-electron chi connectivity index (χ2n) is 10.4. The zero-order valence-electron chi connectivity index (χ0n) is 20.7. The zero-order valence-corrected chi connectivity index (χ0v) is 20.7. The normalized spacial score (nSPS) is 21.0. The van der Waals surface area contributed by atoms with Crippen LogP contribution in [0.15, 0.2) is 30.5 Å². The largest absolute Gasteiger partial charge is 0.386 e. The average molecular weight is 485 g/mol. The Morgan fingerprint density at radius 3 is 2.63 bits per heavy atom. The summed E-state index contributed by atoms with van der Waals surface area (Å²) in [6.45, 7) is 3.58. The fourth-order valence-corrected chi connectivity index (χ4v) is 5.21. The number of hydrogen-bond acceptors (Lipinski definition) is 5. The van der Waals surface area contributed by atoms with Crippen molar-refractivity contribution >= 4 is 11.7 Å². The van der Waals surface area contributed by atoms with Crippen molar-refractivity contribution in [3.63, 3.8) is 0 Å². The van der Waals surface area contributed by atoms with Crippen LogP contribution in [0, 0.1) is 17.2 Å². The Labute approximate surface area is 206 Å². The predicted octanol–water partition coefficient (Wildman–Crippen LogP) is 4.01. The van der Waals surface area contributed by atoms with Gasteiger partial charge in [-0.25, -0.2) is 9.37 Å². The van der Waals surface area contributed by atoms with Gasteiger partial charge in [-0.3, -0.25) is 9.59 Å². The van der Waals surface area contributed by atoms with E-state index in [9.17, 15) is 19.1 Å². The molecular formula is C27H37FN4O3. The fourth-order valence-electron chi connectivity index (χ4n) is 5.21. The summed E-state index contributed by atoms with van der Waals surface area (Å²) in [6, 6.07) is 5.98. The number of piperidine rings is 1. The van der Waals surface area contributed by atoms with Gasteiger partial charge in [-0.05, 0) is 94.4 Å². The Bertz CT molecular complexity index is 1010. The summed E-state index contributed by atoms with van der Waals surface area (Å²) in [5, 5.41) is 12.6. The fraction of sp³-hybridized carbons (Fsp3) is 0.593. The van der Waals surface area contributed by atoms with Crippen LogP contribution in [0.1, 0.15) is 70.2 Å². The lowest BCUT2D eigenvalue weighted by Crippen LogP contribution is -2.36. The molecule has 2 unspecified atom stereocenters. The molecule has 3 atom stereocenters. The molecule has 1 aliphatic carbocycles. The molecule has 3 N–H and O–H groups in total. The number of nitrogens with zero attached hydrogens (tertiary/aromatic N) is 2. The molecule has 1 saturated carbocycles. The molecule has 2 aliphatic rings. The number of imidazole rings is 1. The molecular weight excluding hydrogens is 447 g/mol. The van der Waals surface area contributed by atoms with Crippen LogP contribution >= 0.6 is 0 Å². The smallest absolute Gasteiger partial charge is 0.224 e. The maximum Gasteiger partial charge on any atom is 0.224 e. The van der Waals surface area contributed by atoms with Crippen LogP contribution in [0.3, 0.4) is 0 Å². The first kappa shape index (κ1) is 25.5. The highest BCUT2D eigenvalue weighted by Crippen LogP contribution is 2.59. The molecule has 2 fully saturated rings. The number of hydrogen-bond donors (Lipinski definition) is 3. The lowest BCUT2D eigenvalue weighted by Gasteiger charge is -2.30. The van der Waals surface area contributed by atoms with Gasteiger partial charge >= 0.3 is 0 Å². The number of likely N-dealkylation sites (tertiary alicyclic amines) is 1. The minimum absolute atomic E-state index is 0.0638. The average Bonchev–Trinajstić information content (AvgIpc) is 3.32. The van der Waals surface area contributed by atoms with Crippen LogP contribution < -0.4 is 5.32 Å². The van der Waals surface area contributed by atoms with Gasteiger partial charge in [-0.1, -0.05) is 12.8 Å². The van der Waals surface area contributed by atoms with E-state index in [0.29, 0.717) is 25.1 Å². The van der Waals surface area contributed by atoms with Gasteiger partial charge in [0.05, 0.1) is 17.9 Å². The van der Waals surface area contributed by atoms with E-state index in [0.717, 1.165) is 56.5 Å². The number of amides is 1. The van der Waals surface area contributed by atoms with E-state index in [-0.39, 0.29) is 34.9 Å². The van der Waals surface area contributed by atoms with E-state index in [1.54, 1.807) is 18.3 Å². The van der Waals surface area contributed by atoms with Crippen molar-refractivity contribution in [3.05, 3.63) is 42.1 Å². The van der Waals surface area contributed by atoms with Crippen molar-refractivity contribution in [1.29, 1.82) is 0 Å². The van der Waals surface area contributed by atoms with Gasteiger partial charge < -0.3 is 20.3 Å². The van der Waals surface area contributed by atoms with Gasteiger partial charge in [0, 0.05) is 12.3 Å². The molecule has 2 heterocycles. The molecule has 7 nitrogen and oxygen atoms in total. The van der Waals surface area contributed by atoms with E-state index >= 15 is 0 Å². The molecule has 2 aromatic rings. The highest BCUT2D eigenvalue weighted by molar-refractivity contribution is 5.83. The third-order valence-corrected chi connectivity index (χ3v) is 7.77. The molecule has 190 valence electrons. The third-order valence-electron chi connectivity index (χ3n) is 7.77. The summed E-state index contributed by atoms with van der Waals surface area (Å²) in [4.78, 5) is 35.1. The molecule has 1 aromatic heterocycles. The number of aliphatic hydroxyl groups excluding tert-OH is 1. The maximum absolute atomic E-state index is 13.3. The van der Waals surface area contributed by atoms with E-state index < -0.39 is 6.10 Å². The molecule has 1 aromatic carbocycles. The van der Waals surface area contributed by atoms with Gasteiger partial charge in [0.25, 0.3) is 0 Å². The monoisotopic (exact) mass is 484 g/mol. The summed E-state index contributed by atoms with van der Waals surface area (Å²) in [7, 11) is 2.13. The molecule has 4 rings (SSSR count). The Kier molecular flexibility index (Phi) is 8.02. The molecule has 35 heavy (non-hydrogen) atoms. The quantitative estimate of drug-likeness (QED) is 0.419. The first-order valence-electron chi connectivity index (χ1n) is 12.8. The van der Waals surface area contributed by atoms with Crippen LogP contribution in [-0.2, 0) is 9.59 Å². The highest BCUT2D eigenvalue weighted by Gasteiger charge is 2.58. The first-order valence-corrected chi connectivity index (χ1v) is 12.8.